The summed E-state index contributed by atoms with van der Waals surface area (Å²) < 4.78 is 8.10. The molecule has 1 atom stereocenters. The van der Waals surface area contributed by atoms with Crippen molar-refractivity contribution >= 4 is 33.4 Å². The summed E-state index contributed by atoms with van der Waals surface area (Å²) in [4.78, 5) is 18.1. The molecule has 0 N–H and O–H groups in total. The summed E-state index contributed by atoms with van der Waals surface area (Å²) in [6, 6.07) is 13.0. The number of hydrogen-bond acceptors (Lipinski definition) is 4. The van der Waals surface area contributed by atoms with Crippen LogP contribution in [0.2, 0.25) is 5.02 Å². The first-order valence-electron chi connectivity index (χ1n) is 8.24. The predicted molar refractivity (Wildman–Crippen MR) is 107 cm³/mol. The van der Waals surface area contributed by atoms with Crippen molar-refractivity contribution in [2.24, 2.45) is 0 Å². The molecule has 0 bridgehead atoms. The number of carbonyl (C=O) groups excluding carboxylic acids is 1. The lowest BCUT2D eigenvalue weighted by atomic mass is 10.1. The van der Waals surface area contributed by atoms with Crippen molar-refractivity contribution in [1.82, 2.24) is 19.7 Å². The van der Waals surface area contributed by atoms with Crippen LogP contribution in [0.3, 0.4) is 0 Å². The van der Waals surface area contributed by atoms with Crippen LogP contribution >= 0.6 is 27.5 Å². The second-order valence-corrected chi connectivity index (χ2v) is 7.30. The molecule has 0 radical (unpaired) electrons. The molecule has 0 unspecified atom stereocenters. The molecule has 0 fully saturated rings. The highest BCUT2D eigenvalue weighted by Crippen LogP contribution is 2.28. The van der Waals surface area contributed by atoms with Gasteiger partial charge in [0, 0.05) is 11.5 Å². The Morgan fingerprint density at radius 3 is 2.67 bits per heavy atom. The van der Waals surface area contributed by atoms with Crippen LogP contribution in [0.15, 0.2) is 59.6 Å². The van der Waals surface area contributed by atoms with Crippen LogP contribution in [-0.4, -0.2) is 39.2 Å². The van der Waals surface area contributed by atoms with Gasteiger partial charge in [-0.15, -0.1) is 0 Å². The number of benzene rings is 2. The van der Waals surface area contributed by atoms with Gasteiger partial charge >= 0.3 is 0 Å². The molecule has 1 aromatic heterocycles. The van der Waals surface area contributed by atoms with Crippen molar-refractivity contribution in [3.8, 4) is 11.4 Å². The molecule has 0 saturated carbocycles. The average molecular weight is 450 g/mol. The minimum Gasteiger partial charge on any atom is -0.482 e. The molecule has 2 aromatic carbocycles. The Labute approximate surface area is 170 Å². The third-order valence-electron chi connectivity index (χ3n) is 4.28. The number of hydrogen-bond donors (Lipinski definition) is 0. The van der Waals surface area contributed by atoms with Crippen molar-refractivity contribution in [2.75, 3.05) is 13.7 Å². The summed E-state index contributed by atoms with van der Waals surface area (Å²) in [5.41, 5.74) is 1.92. The van der Waals surface area contributed by atoms with E-state index in [9.17, 15) is 4.79 Å². The molecule has 3 aromatic rings. The number of carbonyl (C=O) groups is 1. The fraction of sp³-hybridized carbons (Fsp3) is 0.211. The third kappa shape index (κ3) is 4.67. The van der Waals surface area contributed by atoms with Gasteiger partial charge in [-0.25, -0.2) is 9.67 Å². The lowest BCUT2D eigenvalue weighted by Crippen LogP contribution is -2.33. The van der Waals surface area contributed by atoms with Crippen molar-refractivity contribution < 1.29 is 9.53 Å². The van der Waals surface area contributed by atoms with Gasteiger partial charge in [-0.05, 0) is 42.8 Å². The second-order valence-electron chi connectivity index (χ2n) is 5.98. The number of aromatic nitrogens is 3. The van der Waals surface area contributed by atoms with Crippen LogP contribution in [-0.2, 0) is 4.79 Å². The van der Waals surface area contributed by atoms with Gasteiger partial charge in [-0.3, -0.25) is 4.79 Å². The van der Waals surface area contributed by atoms with Gasteiger partial charge in [0.2, 0.25) is 0 Å². The Hall–Kier alpha value is -2.38. The van der Waals surface area contributed by atoms with Crippen LogP contribution in [0.1, 0.15) is 18.5 Å². The van der Waals surface area contributed by atoms with Crippen LogP contribution in [0.5, 0.6) is 5.75 Å². The maximum atomic E-state index is 12.5. The summed E-state index contributed by atoms with van der Waals surface area (Å²) in [6.07, 6.45) is 3.12. The zero-order valence-corrected chi connectivity index (χ0v) is 17.2. The number of nitrogens with zero attached hydrogens (tertiary/aromatic N) is 4. The first kappa shape index (κ1) is 19.4. The maximum absolute atomic E-state index is 12.5. The van der Waals surface area contributed by atoms with Crippen molar-refractivity contribution in [1.29, 1.82) is 0 Å². The normalized spacial score (nSPS) is 11.9. The molecule has 27 heavy (non-hydrogen) atoms. The molecule has 1 amide bonds. The minimum atomic E-state index is -0.137. The first-order chi connectivity index (χ1) is 13.0. The Balaban J connectivity index is 1.62. The van der Waals surface area contributed by atoms with E-state index in [0.717, 1.165) is 15.7 Å². The molecule has 0 aliphatic heterocycles. The standard InChI is InChI=1S/C19H18BrClN4O2/c1-13(14-3-6-16(7-4-14)25-12-22-11-23-25)24(2)19(26)10-27-18-8-5-15(20)9-17(18)21/h3-9,11-13H,10H2,1-2H3/t13-/m0/s1. The summed E-state index contributed by atoms with van der Waals surface area (Å²) >= 11 is 9.45. The van der Waals surface area contributed by atoms with Gasteiger partial charge in [0.15, 0.2) is 6.61 Å². The number of rotatable bonds is 6. The molecule has 3 rings (SSSR count). The minimum absolute atomic E-state index is 0.0841. The van der Waals surface area contributed by atoms with E-state index in [2.05, 4.69) is 26.0 Å². The maximum Gasteiger partial charge on any atom is 0.260 e. The van der Waals surface area contributed by atoms with Crippen molar-refractivity contribution in [2.45, 2.75) is 13.0 Å². The SMILES string of the molecule is C[C@@H](c1ccc(-n2cncn2)cc1)N(C)C(=O)COc1ccc(Br)cc1Cl. The van der Waals surface area contributed by atoms with Crippen molar-refractivity contribution in [3.05, 3.63) is 70.2 Å². The first-order valence-corrected chi connectivity index (χ1v) is 9.41. The van der Waals surface area contributed by atoms with Crippen molar-refractivity contribution in [3.63, 3.8) is 0 Å². The average Bonchev–Trinajstić information content (AvgIpc) is 3.21. The van der Waals surface area contributed by atoms with E-state index in [1.807, 2.05) is 37.3 Å². The lowest BCUT2D eigenvalue weighted by Gasteiger charge is -2.25. The highest BCUT2D eigenvalue weighted by molar-refractivity contribution is 9.10. The summed E-state index contributed by atoms with van der Waals surface area (Å²) in [6.45, 7) is 1.88. The largest absolute Gasteiger partial charge is 0.482 e. The van der Waals surface area contributed by atoms with E-state index < -0.39 is 0 Å². The van der Waals surface area contributed by atoms with Gasteiger partial charge in [0.25, 0.3) is 5.91 Å². The van der Waals surface area contributed by atoms with Gasteiger partial charge in [0.1, 0.15) is 18.4 Å². The highest BCUT2D eigenvalue weighted by atomic mass is 79.9. The number of likely N-dealkylation sites (N-methyl/N-ethyl adjacent to an activating group) is 1. The van der Waals surface area contributed by atoms with E-state index in [1.54, 1.807) is 35.1 Å². The lowest BCUT2D eigenvalue weighted by molar-refractivity contribution is -0.134. The predicted octanol–water partition coefficient (Wildman–Crippen LogP) is 4.28. The van der Waals surface area contributed by atoms with Gasteiger partial charge < -0.3 is 9.64 Å². The van der Waals surface area contributed by atoms with Crippen LogP contribution < -0.4 is 4.74 Å². The summed E-state index contributed by atoms with van der Waals surface area (Å²) in [7, 11) is 1.75. The zero-order valence-electron chi connectivity index (χ0n) is 14.8. The fourth-order valence-electron chi connectivity index (χ4n) is 2.52. The quantitative estimate of drug-likeness (QED) is 0.563. The van der Waals surface area contributed by atoms with Crippen LogP contribution in [0.4, 0.5) is 0 Å². The number of halogens is 2. The van der Waals surface area contributed by atoms with E-state index >= 15 is 0 Å². The molecular formula is C19H18BrClN4O2. The molecular weight excluding hydrogens is 432 g/mol. The monoisotopic (exact) mass is 448 g/mol. The summed E-state index contributed by atoms with van der Waals surface area (Å²) in [5, 5.41) is 4.56. The van der Waals surface area contributed by atoms with E-state index in [-0.39, 0.29) is 18.6 Å². The highest BCUT2D eigenvalue weighted by Gasteiger charge is 2.18. The zero-order chi connectivity index (χ0) is 19.4. The molecule has 140 valence electrons. The molecule has 1 heterocycles. The second kappa shape index (κ2) is 8.54. The van der Waals surface area contributed by atoms with E-state index in [0.29, 0.717) is 10.8 Å². The number of amides is 1. The van der Waals surface area contributed by atoms with Gasteiger partial charge in [0.05, 0.1) is 16.8 Å². The third-order valence-corrected chi connectivity index (χ3v) is 5.07. The Bertz CT molecular complexity index is 916. The molecule has 0 saturated heterocycles. The van der Waals surface area contributed by atoms with Gasteiger partial charge in [-0.2, -0.15) is 5.10 Å². The van der Waals surface area contributed by atoms with Gasteiger partial charge in [-0.1, -0.05) is 39.7 Å². The molecule has 0 aliphatic carbocycles. The van der Waals surface area contributed by atoms with Crippen LogP contribution in [0, 0.1) is 0 Å². The Morgan fingerprint density at radius 1 is 1.30 bits per heavy atom. The molecule has 8 heteroatoms. The molecule has 0 aliphatic rings. The smallest absolute Gasteiger partial charge is 0.260 e. The van der Waals surface area contributed by atoms with Crippen LogP contribution in [0.25, 0.3) is 5.69 Å². The topological polar surface area (TPSA) is 60.2 Å². The van der Waals surface area contributed by atoms with E-state index in [4.69, 9.17) is 16.3 Å². The molecule has 6 nitrogen and oxygen atoms in total. The number of ether oxygens (including phenoxy) is 1. The Kier molecular flexibility index (Phi) is 6.13. The summed E-state index contributed by atoms with van der Waals surface area (Å²) in [5.74, 6) is 0.341. The Morgan fingerprint density at radius 2 is 2.04 bits per heavy atom. The fourth-order valence-corrected chi connectivity index (χ4v) is 3.25. The molecule has 0 spiro atoms. The van der Waals surface area contributed by atoms with E-state index in [1.165, 1.54) is 6.33 Å².